The van der Waals surface area contributed by atoms with Crippen molar-refractivity contribution in [2.75, 3.05) is 11.4 Å². The Labute approximate surface area is 128 Å². The minimum absolute atomic E-state index is 0.120. The lowest BCUT2D eigenvalue weighted by Gasteiger charge is -2.38. The molecule has 2 rings (SSSR count). The average Bonchev–Trinajstić information content (AvgIpc) is 2.45. The molecule has 1 fully saturated rings. The Morgan fingerprint density at radius 2 is 2.14 bits per heavy atom. The van der Waals surface area contributed by atoms with E-state index in [2.05, 4.69) is 4.90 Å². The number of carbonyl (C=O) groups is 2. The molecule has 0 aromatic heterocycles. The summed E-state index contributed by atoms with van der Waals surface area (Å²) in [5, 5.41) is 9.33. The molecule has 1 saturated heterocycles. The molecule has 1 atom stereocenters. The first kappa shape index (κ1) is 15.6. The first-order valence-electron chi connectivity index (χ1n) is 7.07. The molecule has 0 radical (unpaired) electrons. The van der Waals surface area contributed by atoms with Crippen molar-refractivity contribution in [3.63, 3.8) is 0 Å². The van der Waals surface area contributed by atoms with Crippen molar-refractivity contribution in [1.82, 2.24) is 0 Å². The normalized spacial score (nSPS) is 18.5. The fourth-order valence-electron chi connectivity index (χ4n) is 2.86. The molecule has 0 bridgehead atoms. The topological polar surface area (TPSA) is 83.6 Å². The lowest BCUT2D eigenvalue weighted by molar-refractivity contribution is -0.137. The molecule has 1 amide bonds. The van der Waals surface area contributed by atoms with Gasteiger partial charge in [-0.2, -0.15) is 0 Å². The molecule has 0 spiro atoms. The molecule has 1 aliphatic heterocycles. The molecule has 1 unspecified atom stereocenters. The van der Waals surface area contributed by atoms with Crippen LogP contribution in [0, 0.1) is 0 Å². The van der Waals surface area contributed by atoms with Crippen LogP contribution in [0.4, 0.5) is 5.69 Å². The van der Waals surface area contributed by atoms with Crippen LogP contribution in [0.15, 0.2) is 18.2 Å². The highest BCUT2D eigenvalue weighted by atomic mass is 35.5. The van der Waals surface area contributed by atoms with Gasteiger partial charge in [0.2, 0.25) is 0 Å². The third-order valence-corrected chi connectivity index (χ3v) is 4.09. The van der Waals surface area contributed by atoms with Gasteiger partial charge in [-0.15, -0.1) is 0 Å². The molecule has 0 saturated carbocycles. The van der Waals surface area contributed by atoms with Crippen LogP contribution < -0.4 is 10.6 Å². The number of carboxylic acids is 1. The number of halogens is 1. The van der Waals surface area contributed by atoms with Gasteiger partial charge in [-0.05, 0) is 43.9 Å². The minimum Gasteiger partial charge on any atom is -0.481 e. The fourth-order valence-corrected chi connectivity index (χ4v) is 3.04. The van der Waals surface area contributed by atoms with E-state index in [1.54, 1.807) is 18.2 Å². The highest BCUT2D eigenvalue weighted by Gasteiger charge is 2.26. The number of anilines is 1. The third kappa shape index (κ3) is 3.88. The maximum Gasteiger partial charge on any atom is 0.303 e. The van der Waals surface area contributed by atoms with Gasteiger partial charge >= 0.3 is 5.97 Å². The number of carboxylic acid groups (broad SMARTS) is 1. The summed E-state index contributed by atoms with van der Waals surface area (Å²) in [7, 11) is 0. The Hall–Kier alpha value is -1.75. The van der Waals surface area contributed by atoms with E-state index in [0.29, 0.717) is 17.0 Å². The lowest BCUT2D eigenvalue weighted by atomic mass is 9.96. The number of hydrogen-bond donors (Lipinski definition) is 2. The highest BCUT2D eigenvalue weighted by molar-refractivity contribution is 6.31. The van der Waals surface area contributed by atoms with Crippen LogP contribution in [0.5, 0.6) is 0 Å². The van der Waals surface area contributed by atoms with Gasteiger partial charge in [0.15, 0.2) is 0 Å². The molecule has 1 aliphatic rings. The maximum absolute atomic E-state index is 11.6. The molecule has 21 heavy (non-hydrogen) atoms. The number of carbonyl (C=O) groups excluding carboxylic acids is 1. The zero-order valence-electron chi connectivity index (χ0n) is 11.7. The van der Waals surface area contributed by atoms with Crippen LogP contribution in [0.25, 0.3) is 0 Å². The number of aliphatic carboxylic acids is 1. The summed E-state index contributed by atoms with van der Waals surface area (Å²) in [4.78, 5) is 24.5. The predicted octanol–water partition coefficient (Wildman–Crippen LogP) is 2.66. The van der Waals surface area contributed by atoms with Crippen LogP contribution in [-0.4, -0.2) is 29.6 Å². The Kier molecular flexibility index (Phi) is 5.07. The Morgan fingerprint density at radius 3 is 2.81 bits per heavy atom. The highest BCUT2D eigenvalue weighted by Crippen LogP contribution is 2.31. The summed E-state index contributed by atoms with van der Waals surface area (Å²) in [6.07, 6.45) is 3.70. The van der Waals surface area contributed by atoms with Crippen molar-refractivity contribution in [2.45, 2.75) is 38.1 Å². The number of nitrogens with zero attached hydrogens (tertiary/aromatic N) is 1. The van der Waals surface area contributed by atoms with Crippen molar-refractivity contribution in [1.29, 1.82) is 0 Å². The number of benzene rings is 1. The predicted molar refractivity (Wildman–Crippen MR) is 81.8 cm³/mol. The number of rotatable bonds is 5. The number of hydrogen-bond acceptors (Lipinski definition) is 3. The van der Waals surface area contributed by atoms with Gasteiger partial charge in [0.05, 0.1) is 5.56 Å². The van der Waals surface area contributed by atoms with Gasteiger partial charge in [-0.1, -0.05) is 11.6 Å². The fraction of sp³-hybridized carbons (Fsp3) is 0.467. The van der Waals surface area contributed by atoms with Crippen LogP contribution in [0.2, 0.25) is 5.02 Å². The Bertz CT molecular complexity index is 548. The quantitative estimate of drug-likeness (QED) is 0.875. The molecule has 3 N–H and O–H groups in total. The average molecular weight is 311 g/mol. The van der Waals surface area contributed by atoms with Crippen LogP contribution in [-0.2, 0) is 4.79 Å². The number of piperidine rings is 1. The molecule has 5 nitrogen and oxygen atoms in total. The van der Waals surface area contributed by atoms with Gasteiger partial charge in [-0.3, -0.25) is 9.59 Å². The maximum atomic E-state index is 11.6. The lowest BCUT2D eigenvalue weighted by Crippen LogP contribution is -2.41. The summed E-state index contributed by atoms with van der Waals surface area (Å²) >= 11 is 5.93. The van der Waals surface area contributed by atoms with E-state index in [1.165, 1.54) is 0 Å². The molecule has 1 aromatic carbocycles. The Balaban J connectivity index is 2.28. The molecule has 1 aromatic rings. The van der Waals surface area contributed by atoms with Crippen molar-refractivity contribution >= 4 is 29.2 Å². The third-order valence-electron chi connectivity index (χ3n) is 3.85. The Morgan fingerprint density at radius 1 is 1.38 bits per heavy atom. The minimum atomic E-state index is -0.799. The summed E-state index contributed by atoms with van der Waals surface area (Å²) in [6.45, 7) is 0.798. The molecule has 0 aliphatic carbocycles. The van der Waals surface area contributed by atoms with E-state index >= 15 is 0 Å². The molecule has 1 heterocycles. The standard InChI is InChI=1S/C15H19ClN2O3/c16-10-4-6-13(12(9-10)15(17)21)18-8-2-1-3-11(18)5-7-14(19)20/h4,6,9,11H,1-3,5,7-8H2,(H2,17,21)(H,19,20). The SMILES string of the molecule is NC(=O)c1cc(Cl)ccc1N1CCCCC1CCC(=O)O. The first-order valence-corrected chi connectivity index (χ1v) is 7.44. The second-order valence-corrected chi connectivity index (χ2v) is 5.74. The van der Waals surface area contributed by atoms with Gasteiger partial charge in [0, 0.05) is 29.7 Å². The van der Waals surface area contributed by atoms with E-state index in [0.717, 1.165) is 31.5 Å². The van der Waals surface area contributed by atoms with Crippen LogP contribution in [0.1, 0.15) is 42.5 Å². The zero-order valence-corrected chi connectivity index (χ0v) is 12.5. The van der Waals surface area contributed by atoms with E-state index < -0.39 is 11.9 Å². The van der Waals surface area contributed by atoms with Crippen molar-refractivity contribution in [3.8, 4) is 0 Å². The van der Waals surface area contributed by atoms with E-state index in [1.807, 2.05) is 0 Å². The summed E-state index contributed by atoms with van der Waals surface area (Å²) in [6, 6.07) is 5.21. The van der Waals surface area contributed by atoms with Crippen LogP contribution in [0.3, 0.4) is 0 Å². The van der Waals surface area contributed by atoms with Crippen molar-refractivity contribution < 1.29 is 14.7 Å². The molecular weight excluding hydrogens is 292 g/mol. The van der Waals surface area contributed by atoms with Gasteiger partial charge in [0.25, 0.3) is 5.91 Å². The van der Waals surface area contributed by atoms with Crippen molar-refractivity contribution in [3.05, 3.63) is 28.8 Å². The van der Waals surface area contributed by atoms with Gasteiger partial charge < -0.3 is 15.7 Å². The summed E-state index contributed by atoms with van der Waals surface area (Å²) in [5.74, 6) is -1.32. The van der Waals surface area contributed by atoms with Crippen molar-refractivity contribution in [2.24, 2.45) is 5.73 Å². The first-order chi connectivity index (χ1) is 9.99. The van der Waals surface area contributed by atoms with E-state index in [-0.39, 0.29) is 12.5 Å². The second-order valence-electron chi connectivity index (χ2n) is 5.30. The van der Waals surface area contributed by atoms with Crippen LogP contribution >= 0.6 is 11.6 Å². The van der Waals surface area contributed by atoms with Gasteiger partial charge in [0.1, 0.15) is 0 Å². The summed E-state index contributed by atoms with van der Waals surface area (Å²) in [5.41, 5.74) is 6.58. The number of amides is 1. The van der Waals surface area contributed by atoms with Gasteiger partial charge in [-0.25, -0.2) is 0 Å². The van der Waals surface area contributed by atoms with E-state index in [4.69, 9.17) is 22.4 Å². The van der Waals surface area contributed by atoms with E-state index in [9.17, 15) is 9.59 Å². The number of primary amides is 1. The molecule has 114 valence electrons. The number of nitrogens with two attached hydrogens (primary N) is 1. The smallest absolute Gasteiger partial charge is 0.303 e. The zero-order chi connectivity index (χ0) is 15.4. The summed E-state index contributed by atoms with van der Waals surface area (Å²) < 4.78 is 0. The second kappa shape index (κ2) is 6.80. The molecular formula is C15H19ClN2O3. The molecule has 6 heteroatoms. The largest absolute Gasteiger partial charge is 0.481 e. The monoisotopic (exact) mass is 310 g/mol.